The number of ether oxygens (including phenoxy) is 2. The van der Waals surface area contributed by atoms with E-state index in [0.717, 1.165) is 5.56 Å². The topological polar surface area (TPSA) is 106 Å². The second kappa shape index (κ2) is 11.1. The van der Waals surface area contributed by atoms with Gasteiger partial charge in [0.15, 0.2) is 0 Å². The summed E-state index contributed by atoms with van der Waals surface area (Å²) >= 11 is 0. The van der Waals surface area contributed by atoms with Crippen molar-refractivity contribution in [3.8, 4) is 5.75 Å². The van der Waals surface area contributed by atoms with E-state index in [4.69, 9.17) is 9.47 Å². The lowest BCUT2D eigenvalue weighted by Crippen LogP contribution is -2.29. The Morgan fingerprint density at radius 2 is 1.82 bits per heavy atom. The van der Waals surface area contributed by atoms with Crippen molar-refractivity contribution in [2.75, 3.05) is 18.6 Å². The Morgan fingerprint density at radius 3 is 2.46 bits per heavy atom. The number of rotatable bonds is 7. The van der Waals surface area contributed by atoms with Gasteiger partial charge in [0, 0.05) is 29.2 Å². The van der Waals surface area contributed by atoms with Crippen LogP contribution in [0.15, 0.2) is 72.6 Å². The molecule has 0 bridgehead atoms. The van der Waals surface area contributed by atoms with E-state index in [1.807, 2.05) is 27.7 Å². The Hall–Kier alpha value is -4.46. The number of hydrogen-bond acceptors (Lipinski definition) is 7. The van der Waals surface area contributed by atoms with Gasteiger partial charge in [0.25, 0.3) is 11.7 Å². The summed E-state index contributed by atoms with van der Waals surface area (Å²) in [6.45, 7) is 8.21. The van der Waals surface area contributed by atoms with Gasteiger partial charge in [0.1, 0.15) is 11.5 Å². The predicted molar refractivity (Wildman–Crippen MR) is 148 cm³/mol. The van der Waals surface area contributed by atoms with Crippen LogP contribution in [0.1, 0.15) is 67.2 Å². The molecule has 1 amide bonds. The fourth-order valence-electron chi connectivity index (χ4n) is 4.61. The van der Waals surface area contributed by atoms with Gasteiger partial charge in [-0.05, 0) is 59.9 Å². The molecular weight excluding hydrogens is 496 g/mol. The van der Waals surface area contributed by atoms with Gasteiger partial charge in [-0.25, -0.2) is 4.79 Å². The monoisotopic (exact) mass is 528 g/mol. The van der Waals surface area contributed by atoms with Crippen LogP contribution in [0.5, 0.6) is 5.75 Å². The van der Waals surface area contributed by atoms with Gasteiger partial charge in [-0.15, -0.1) is 0 Å². The molecule has 4 rings (SSSR count). The fourth-order valence-corrected chi connectivity index (χ4v) is 4.61. The largest absolute Gasteiger partial charge is 0.507 e. The Labute approximate surface area is 227 Å². The average molecular weight is 529 g/mol. The first-order valence-corrected chi connectivity index (χ1v) is 12.8. The molecule has 0 aliphatic carbocycles. The average Bonchev–Trinajstić information content (AvgIpc) is 3.21. The zero-order valence-corrected chi connectivity index (χ0v) is 22.7. The molecule has 1 aliphatic rings. The van der Waals surface area contributed by atoms with E-state index >= 15 is 0 Å². The predicted octanol–water partition coefficient (Wildman–Crippen LogP) is 5.58. The van der Waals surface area contributed by atoms with Gasteiger partial charge in [-0.1, -0.05) is 39.8 Å². The van der Waals surface area contributed by atoms with Crippen LogP contribution in [0.3, 0.4) is 0 Å². The molecule has 1 unspecified atom stereocenters. The number of hydrogen-bond donors (Lipinski definition) is 1. The van der Waals surface area contributed by atoms with Crippen molar-refractivity contribution in [2.45, 2.75) is 45.6 Å². The molecule has 0 radical (unpaired) electrons. The molecule has 2 heterocycles. The first-order valence-electron chi connectivity index (χ1n) is 12.8. The van der Waals surface area contributed by atoms with Gasteiger partial charge in [-0.3, -0.25) is 19.5 Å². The number of aliphatic hydroxyl groups excluding tert-OH is 1. The maximum Gasteiger partial charge on any atom is 0.338 e. The second-order valence-electron chi connectivity index (χ2n) is 10.3. The number of aliphatic hydroxyl groups is 1. The standard InChI is InChI=1S/C31H32N2O6/c1-6-15-39-30(37)20-9-7-11-22(16-20)33-26(21-10-8-14-32-18-21)25(28(35)29(33)36)27(34)19-12-13-24(38-5)23(17-19)31(2,3)4/h7-14,16-18,26,34H,6,15H2,1-5H3/b27-25-. The molecule has 1 saturated heterocycles. The minimum atomic E-state index is -0.971. The minimum Gasteiger partial charge on any atom is -0.507 e. The van der Waals surface area contributed by atoms with Crippen molar-refractivity contribution >= 4 is 29.1 Å². The summed E-state index contributed by atoms with van der Waals surface area (Å²) in [6, 6.07) is 14.0. The van der Waals surface area contributed by atoms with Crippen molar-refractivity contribution in [1.82, 2.24) is 4.98 Å². The van der Waals surface area contributed by atoms with Crippen molar-refractivity contribution in [2.24, 2.45) is 0 Å². The molecule has 1 fully saturated rings. The van der Waals surface area contributed by atoms with Crippen LogP contribution in [0.4, 0.5) is 5.69 Å². The van der Waals surface area contributed by atoms with Crippen LogP contribution >= 0.6 is 0 Å². The van der Waals surface area contributed by atoms with E-state index in [1.165, 1.54) is 11.0 Å². The normalized spacial score (nSPS) is 16.8. The molecule has 2 aromatic carbocycles. The number of benzene rings is 2. The molecule has 8 nitrogen and oxygen atoms in total. The summed E-state index contributed by atoms with van der Waals surface area (Å²) in [6.07, 6.45) is 3.80. The van der Waals surface area contributed by atoms with Crippen molar-refractivity contribution in [3.05, 3.63) is 94.8 Å². The number of esters is 1. The molecule has 0 saturated carbocycles. The first-order chi connectivity index (χ1) is 18.6. The Bertz CT molecular complexity index is 1440. The third-order valence-electron chi connectivity index (χ3n) is 6.52. The lowest BCUT2D eigenvalue weighted by atomic mass is 9.84. The summed E-state index contributed by atoms with van der Waals surface area (Å²) < 4.78 is 10.8. The minimum absolute atomic E-state index is 0.0722. The summed E-state index contributed by atoms with van der Waals surface area (Å²) in [5.41, 5.74) is 1.92. The number of amides is 1. The lowest BCUT2D eigenvalue weighted by molar-refractivity contribution is -0.132. The summed E-state index contributed by atoms with van der Waals surface area (Å²) in [5, 5.41) is 11.5. The molecule has 202 valence electrons. The van der Waals surface area contributed by atoms with E-state index in [1.54, 1.807) is 68.0 Å². The van der Waals surface area contributed by atoms with Gasteiger partial charge in [0.2, 0.25) is 0 Å². The van der Waals surface area contributed by atoms with E-state index in [0.29, 0.717) is 29.0 Å². The van der Waals surface area contributed by atoms with Crippen LogP contribution in [0, 0.1) is 0 Å². The summed E-state index contributed by atoms with van der Waals surface area (Å²) in [4.78, 5) is 45.0. The molecule has 8 heteroatoms. The molecule has 3 aromatic rings. The Morgan fingerprint density at radius 1 is 1.05 bits per heavy atom. The molecule has 1 N–H and O–H groups in total. The number of anilines is 1. The fraction of sp³-hybridized carbons (Fsp3) is 0.290. The number of Topliss-reactive ketones (excluding diaryl/α,β-unsaturated/α-hetero) is 1. The zero-order valence-electron chi connectivity index (χ0n) is 22.7. The maximum absolute atomic E-state index is 13.5. The van der Waals surface area contributed by atoms with E-state index in [2.05, 4.69) is 4.98 Å². The summed E-state index contributed by atoms with van der Waals surface area (Å²) in [5.74, 6) is -1.85. The van der Waals surface area contributed by atoms with Gasteiger partial charge in [0.05, 0.1) is 30.9 Å². The lowest BCUT2D eigenvalue weighted by Gasteiger charge is -2.26. The highest BCUT2D eigenvalue weighted by Crippen LogP contribution is 2.43. The molecular formula is C31H32N2O6. The molecule has 1 aromatic heterocycles. The third kappa shape index (κ3) is 5.41. The number of pyridine rings is 1. The van der Waals surface area contributed by atoms with Gasteiger partial charge >= 0.3 is 5.97 Å². The smallest absolute Gasteiger partial charge is 0.338 e. The number of methoxy groups -OCH3 is 1. The van der Waals surface area contributed by atoms with Crippen molar-refractivity contribution in [1.29, 1.82) is 0 Å². The number of ketones is 1. The summed E-state index contributed by atoms with van der Waals surface area (Å²) in [7, 11) is 1.57. The van der Waals surface area contributed by atoms with Crippen LogP contribution < -0.4 is 9.64 Å². The number of carbonyl (C=O) groups is 3. The number of carbonyl (C=O) groups excluding carboxylic acids is 3. The van der Waals surface area contributed by atoms with Crippen molar-refractivity contribution < 1.29 is 29.0 Å². The SMILES string of the molecule is CCCOC(=O)c1cccc(N2C(=O)C(=O)/C(=C(\O)c3ccc(OC)c(C(C)(C)C)c3)C2c2cccnc2)c1. The van der Waals surface area contributed by atoms with Crippen LogP contribution in [-0.4, -0.2) is 41.5 Å². The van der Waals surface area contributed by atoms with Crippen LogP contribution in [0.2, 0.25) is 0 Å². The highest BCUT2D eigenvalue weighted by molar-refractivity contribution is 6.51. The van der Waals surface area contributed by atoms with E-state index in [-0.39, 0.29) is 28.9 Å². The third-order valence-corrected chi connectivity index (χ3v) is 6.52. The highest BCUT2D eigenvalue weighted by Gasteiger charge is 2.47. The Kier molecular flexibility index (Phi) is 7.85. The first kappa shape index (κ1) is 27.6. The zero-order chi connectivity index (χ0) is 28.3. The maximum atomic E-state index is 13.5. The second-order valence-corrected chi connectivity index (χ2v) is 10.3. The quantitative estimate of drug-likeness (QED) is 0.185. The molecule has 1 atom stereocenters. The van der Waals surface area contributed by atoms with Gasteiger partial charge in [-0.2, -0.15) is 0 Å². The van der Waals surface area contributed by atoms with E-state index in [9.17, 15) is 19.5 Å². The molecule has 39 heavy (non-hydrogen) atoms. The number of nitrogens with zero attached hydrogens (tertiary/aromatic N) is 2. The number of aromatic nitrogens is 1. The van der Waals surface area contributed by atoms with Crippen molar-refractivity contribution in [3.63, 3.8) is 0 Å². The van der Waals surface area contributed by atoms with Gasteiger partial charge < -0.3 is 14.6 Å². The highest BCUT2D eigenvalue weighted by atomic mass is 16.5. The van der Waals surface area contributed by atoms with Crippen LogP contribution in [0.25, 0.3) is 5.76 Å². The molecule has 1 aliphatic heterocycles. The Balaban J connectivity index is 1.89. The molecule has 0 spiro atoms. The van der Waals surface area contributed by atoms with E-state index < -0.39 is 23.7 Å². The van der Waals surface area contributed by atoms with Crippen LogP contribution in [-0.2, 0) is 19.7 Å².